The van der Waals surface area contributed by atoms with Gasteiger partial charge in [-0.25, -0.2) is 4.98 Å². The van der Waals surface area contributed by atoms with Crippen molar-refractivity contribution in [2.75, 3.05) is 0 Å². The SMILES string of the molecule is O=c1[nH]cnc(OCc2cccs2)c1I. The number of nitrogens with one attached hydrogen (secondary N) is 1. The Morgan fingerprint density at radius 1 is 1.60 bits per heavy atom. The molecule has 0 saturated carbocycles. The highest BCUT2D eigenvalue weighted by Gasteiger charge is 2.06. The van der Waals surface area contributed by atoms with Gasteiger partial charge < -0.3 is 9.72 Å². The molecule has 2 rings (SSSR count). The molecule has 0 radical (unpaired) electrons. The third-order valence-electron chi connectivity index (χ3n) is 1.70. The van der Waals surface area contributed by atoms with E-state index in [0.717, 1.165) is 4.88 Å². The Balaban J connectivity index is 2.12. The summed E-state index contributed by atoms with van der Waals surface area (Å²) in [5.41, 5.74) is -0.174. The summed E-state index contributed by atoms with van der Waals surface area (Å²) in [5, 5.41) is 1.98. The van der Waals surface area contributed by atoms with Crippen LogP contribution in [-0.4, -0.2) is 9.97 Å². The Morgan fingerprint density at radius 2 is 2.47 bits per heavy atom. The minimum Gasteiger partial charge on any atom is -0.471 e. The number of thiophene rings is 1. The van der Waals surface area contributed by atoms with E-state index in [1.54, 1.807) is 11.3 Å². The molecule has 0 amide bonds. The number of hydrogen-bond donors (Lipinski definition) is 1. The quantitative estimate of drug-likeness (QED) is 0.874. The highest BCUT2D eigenvalue weighted by atomic mass is 127. The average molecular weight is 334 g/mol. The second-order valence-electron chi connectivity index (χ2n) is 2.72. The third kappa shape index (κ3) is 2.57. The molecule has 0 aliphatic rings. The first-order chi connectivity index (χ1) is 7.27. The summed E-state index contributed by atoms with van der Waals surface area (Å²) in [5.74, 6) is 0.382. The van der Waals surface area contributed by atoms with Crippen molar-refractivity contribution in [1.82, 2.24) is 9.97 Å². The zero-order valence-electron chi connectivity index (χ0n) is 7.57. The molecule has 2 aromatic rings. The molecule has 0 saturated heterocycles. The molecule has 2 heterocycles. The lowest BCUT2D eigenvalue weighted by Crippen LogP contribution is -2.12. The van der Waals surface area contributed by atoms with E-state index in [2.05, 4.69) is 9.97 Å². The van der Waals surface area contributed by atoms with Crippen LogP contribution in [0.5, 0.6) is 5.88 Å². The van der Waals surface area contributed by atoms with Gasteiger partial charge in [-0.3, -0.25) is 4.79 Å². The van der Waals surface area contributed by atoms with E-state index >= 15 is 0 Å². The van der Waals surface area contributed by atoms with Crippen LogP contribution in [0.1, 0.15) is 4.88 Å². The van der Waals surface area contributed by atoms with Crippen LogP contribution in [0.4, 0.5) is 0 Å². The molecule has 0 bridgehead atoms. The van der Waals surface area contributed by atoms with Crippen LogP contribution in [-0.2, 0) is 6.61 Å². The average Bonchev–Trinajstić information content (AvgIpc) is 2.73. The number of ether oxygens (including phenoxy) is 1. The third-order valence-corrected chi connectivity index (χ3v) is 3.50. The minimum absolute atomic E-state index is 0.174. The van der Waals surface area contributed by atoms with Gasteiger partial charge in [0.15, 0.2) is 0 Å². The second kappa shape index (κ2) is 4.75. The van der Waals surface area contributed by atoms with Crippen molar-refractivity contribution in [2.24, 2.45) is 0 Å². The molecular weight excluding hydrogens is 327 g/mol. The maximum Gasteiger partial charge on any atom is 0.268 e. The number of aromatic amines is 1. The van der Waals surface area contributed by atoms with E-state index in [1.807, 2.05) is 40.1 Å². The van der Waals surface area contributed by atoms with Gasteiger partial charge in [0, 0.05) is 4.88 Å². The molecule has 78 valence electrons. The molecule has 0 atom stereocenters. The van der Waals surface area contributed by atoms with Crippen LogP contribution >= 0.6 is 33.9 Å². The first-order valence-corrected chi connectivity index (χ1v) is 6.11. The molecule has 0 spiro atoms. The minimum atomic E-state index is -0.174. The number of nitrogens with zero attached hydrogens (tertiary/aromatic N) is 1. The number of rotatable bonds is 3. The van der Waals surface area contributed by atoms with Gasteiger partial charge >= 0.3 is 0 Å². The predicted molar refractivity (Wildman–Crippen MR) is 66.2 cm³/mol. The fourth-order valence-electron chi connectivity index (χ4n) is 1.00. The van der Waals surface area contributed by atoms with Crippen LogP contribution in [0.3, 0.4) is 0 Å². The van der Waals surface area contributed by atoms with Crippen LogP contribution in [0.25, 0.3) is 0 Å². The highest BCUT2D eigenvalue weighted by molar-refractivity contribution is 14.1. The van der Waals surface area contributed by atoms with Crippen molar-refractivity contribution in [1.29, 1.82) is 0 Å². The Bertz CT molecular complexity index is 495. The second-order valence-corrected chi connectivity index (χ2v) is 4.83. The number of aromatic nitrogens is 2. The van der Waals surface area contributed by atoms with Gasteiger partial charge in [0.1, 0.15) is 10.2 Å². The zero-order chi connectivity index (χ0) is 10.7. The van der Waals surface area contributed by atoms with E-state index in [9.17, 15) is 4.79 Å². The van der Waals surface area contributed by atoms with Gasteiger partial charge in [-0.2, -0.15) is 0 Å². The maximum atomic E-state index is 11.2. The summed E-state index contributed by atoms with van der Waals surface area (Å²) in [6.07, 6.45) is 1.34. The molecule has 0 aliphatic carbocycles. The molecule has 4 nitrogen and oxygen atoms in total. The molecule has 6 heteroatoms. The van der Waals surface area contributed by atoms with E-state index in [0.29, 0.717) is 16.1 Å². The lowest BCUT2D eigenvalue weighted by molar-refractivity contribution is 0.293. The van der Waals surface area contributed by atoms with Gasteiger partial charge in [0.25, 0.3) is 5.56 Å². The normalized spacial score (nSPS) is 10.2. The summed E-state index contributed by atoms with van der Waals surface area (Å²) >= 11 is 3.53. The Labute approximate surface area is 103 Å². The van der Waals surface area contributed by atoms with Crippen LogP contribution in [0, 0.1) is 3.57 Å². The van der Waals surface area contributed by atoms with Gasteiger partial charge in [-0.15, -0.1) is 11.3 Å². The molecule has 0 fully saturated rings. The number of H-pyrrole nitrogens is 1. The zero-order valence-corrected chi connectivity index (χ0v) is 10.5. The van der Waals surface area contributed by atoms with E-state index in [-0.39, 0.29) is 5.56 Å². The van der Waals surface area contributed by atoms with E-state index in [4.69, 9.17) is 4.74 Å². The van der Waals surface area contributed by atoms with Crippen molar-refractivity contribution in [3.8, 4) is 5.88 Å². The number of halogens is 1. The van der Waals surface area contributed by atoms with Crippen molar-refractivity contribution in [2.45, 2.75) is 6.61 Å². The Morgan fingerprint density at radius 3 is 3.20 bits per heavy atom. The van der Waals surface area contributed by atoms with Gasteiger partial charge in [0.2, 0.25) is 5.88 Å². The topological polar surface area (TPSA) is 55.0 Å². The summed E-state index contributed by atoms with van der Waals surface area (Å²) in [6.45, 7) is 0.449. The summed E-state index contributed by atoms with van der Waals surface area (Å²) in [6, 6.07) is 3.93. The molecule has 15 heavy (non-hydrogen) atoms. The molecule has 1 N–H and O–H groups in total. The number of hydrogen-bond acceptors (Lipinski definition) is 4. The summed E-state index contributed by atoms with van der Waals surface area (Å²) in [4.78, 5) is 18.8. The van der Waals surface area contributed by atoms with Gasteiger partial charge in [-0.05, 0) is 34.0 Å². The molecular formula is C9H7IN2O2S. The van der Waals surface area contributed by atoms with Crippen LogP contribution in [0.2, 0.25) is 0 Å². The first-order valence-electron chi connectivity index (χ1n) is 4.16. The van der Waals surface area contributed by atoms with E-state index < -0.39 is 0 Å². The van der Waals surface area contributed by atoms with Crippen molar-refractivity contribution >= 4 is 33.9 Å². The fraction of sp³-hybridized carbons (Fsp3) is 0.111. The first kappa shape index (κ1) is 10.6. The molecule has 0 unspecified atom stereocenters. The highest BCUT2D eigenvalue weighted by Crippen LogP contribution is 2.15. The van der Waals surface area contributed by atoms with Crippen molar-refractivity contribution in [3.05, 3.63) is 42.6 Å². The van der Waals surface area contributed by atoms with Crippen molar-refractivity contribution in [3.63, 3.8) is 0 Å². The van der Waals surface area contributed by atoms with Crippen LogP contribution in [0.15, 0.2) is 28.6 Å². The molecule has 0 aromatic carbocycles. The lowest BCUT2D eigenvalue weighted by atomic mass is 10.5. The largest absolute Gasteiger partial charge is 0.471 e. The molecule has 2 aromatic heterocycles. The molecule has 0 aliphatic heterocycles. The predicted octanol–water partition coefficient (Wildman–Crippen LogP) is 2.01. The maximum absolute atomic E-state index is 11.2. The summed E-state index contributed by atoms with van der Waals surface area (Å²) < 4.78 is 5.91. The Kier molecular flexibility index (Phi) is 3.37. The van der Waals surface area contributed by atoms with Gasteiger partial charge in [-0.1, -0.05) is 6.07 Å². The lowest BCUT2D eigenvalue weighted by Gasteiger charge is -2.03. The van der Waals surface area contributed by atoms with Crippen molar-refractivity contribution < 1.29 is 4.74 Å². The summed E-state index contributed by atoms with van der Waals surface area (Å²) in [7, 11) is 0. The Hall–Kier alpha value is -0.890. The smallest absolute Gasteiger partial charge is 0.268 e. The van der Waals surface area contributed by atoms with Gasteiger partial charge in [0.05, 0.1) is 6.33 Å². The standard InChI is InChI=1S/C9H7IN2O2S/c10-7-8(13)11-5-12-9(7)14-4-6-2-1-3-15-6/h1-3,5H,4H2,(H,11,12,13). The monoisotopic (exact) mass is 334 g/mol. The fourth-order valence-corrected chi connectivity index (χ4v) is 2.07. The van der Waals surface area contributed by atoms with E-state index in [1.165, 1.54) is 6.33 Å². The van der Waals surface area contributed by atoms with Crippen LogP contribution < -0.4 is 10.3 Å².